The van der Waals surface area contributed by atoms with Gasteiger partial charge >= 0.3 is 12.2 Å². The van der Waals surface area contributed by atoms with Crippen LogP contribution in [0.4, 0.5) is 9.59 Å². The molecule has 44 heavy (non-hydrogen) atoms. The van der Waals surface area contributed by atoms with E-state index in [1.165, 1.54) is 5.01 Å². The van der Waals surface area contributed by atoms with Gasteiger partial charge in [0.25, 0.3) is 5.91 Å². The smallest absolute Gasteiger partial charge is 0.434 e. The quantitative estimate of drug-likeness (QED) is 0.508. The molecule has 1 N–H and O–H groups in total. The fourth-order valence-corrected chi connectivity index (χ4v) is 6.01. The lowest BCUT2D eigenvalue weighted by molar-refractivity contribution is -0.290. The van der Waals surface area contributed by atoms with Gasteiger partial charge in [-0.1, -0.05) is 60.7 Å². The maximum absolute atomic E-state index is 13.8. The summed E-state index contributed by atoms with van der Waals surface area (Å²) in [5.74, 6) is -2.09. The van der Waals surface area contributed by atoms with Crippen LogP contribution in [0.25, 0.3) is 0 Å². The number of hydrogen-bond acceptors (Lipinski definition) is 9. The van der Waals surface area contributed by atoms with E-state index in [1.54, 1.807) is 46.8 Å². The van der Waals surface area contributed by atoms with Crippen molar-refractivity contribution in [2.24, 2.45) is 0 Å². The summed E-state index contributed by atoms with van der Waals surface area (Å²) in [7, 11) is 0. The Morgan fingerprint density at radius 2 is 1.50 bits per heavy atom. The van der Waals surface area contributed by atoms with Crippen molar-refractivity contribution in [3.8, 4) is 0 Å². The summed E-state index contributed by atoms with van der Waals surface area (Å²) in [6.07, 6.45) is -4.79. The Morgan fingerprint density at radius 3 is 2.14 bits per heavy atom. The lowest BCUT2D eigenvalue weighted by atomic mass is 9.85. The summed E-state index contributed by atoms with van der Waals surface area (Å²) in [6, 6.07) is 15.1. The van der Waals surface area contributed by atoms with Crippen LogP contribution in [0.3, 0.4) is 0 Å². The van der Waals surface area contributed by atoms with Crippen LogP contribution in [0.2, 0.25) is 0 Å². The van der Waals surface area contributed by atoms with Gasteiger partial charge in [0.1, 0.15) is 42.5 Å². The molecule has 13 heteroatoms. The number of β-lactam (4-membered cyclic amide) rings is 1. The van der Waals surface area contributed by atoms with Gasteiger partial charge in [0.05, 0.1) is 6.42 Å². The molecule has 0 aliphatic carbocycles. The minimum atomic E-state index is -1.33. The Labute approximate surface area is 254 Å². The molecule has 0 unspecified atom stereocenters. The number of carbonyl (C=O) groups is 4. The lowest BCUT2D eigenvalue weighted by Gasteiger charge is -2.51. The number of ether oxygens (including phenoxy) is 4. The van der Waals surface area contributed by atoms with Gasteiger partial charge in [-0.3, -0.25) is 9.59 Å². The second kappa shape index (κ2) is 11.1. The fraction of sp³-hybridized carbons (Fsp3) is 0.484. The van der Waals surface area contributed by atoms with Crippen LogP contribution in [0.5, 0.6) is 0 Å². The monoisotopic (exact) mass is 608 g/mol. The molecule has 0 saturated carbocycles. The van der Waals surface area contributed by atoms with Crippen LogP contribution in [-0.2, 0) is 46.4 Å². The highest BCUT2D eigenvalue weighted by molar-refractivity contribution is 5.95. The summed E-state index contributed by atoms with van der Waals surface area (Å²) in [6.45, 7) is 8.44. The van der Waals surface area contributed by atoms with Gasteiger partial charge in [-0.15, -0.1) is 0 Å². The Bertz CT molecular complexity index is 1430. The van der Waals surface area contributed by atoms with E-state index in [-0.39, 0.29) is 13.0 Å². The highest BCUT2D eigenvalue weighted by Gasteiger charge is 2.72. The van der Waals surface area contributed by atoms with E-state index in [1.807, 2.05) is 48.5 Å². The minimum Gasteiger partial charge on any atom is -0.443 e. The van der Waals surface area contributed by atoms with Crippen LogP contribution in [0, 0.1) is 0 Å². The van der Waals surface area contributed by atoms with Gasteiger partial charge < -0.3 is 24.3 Å². The van der Waals surface area contributed by atoms with Crippen LogP contribution in [-0.4, -0.2) is 87.0 Å². The summed E-state index contributed by atoms with van der Waals surface area (Å²) < 4.78 is 23.8. The highest BCUT2D eigenvalue weighted by atomic mass is 16.8. The van der Waals surface area contributed by atoms with Crippen molar-refractivity contribution in [1.82, 2.24) is 20.4 Å². The van der Waals surface area contributed by atoms with Gasteiger partial charge in [0.2, 0.25) is 12.1 Å². The predicted octanol–water partition coefficient (Wildman–Crippen LogP) is 2.89. The maximum Gasteiger partial charge on any atom is 0.434 e. The van der Waals surface area contributed by atoms with E-state index in [4.69, 9.17) is 23.8 Å². The number of carbonyl (C=O) groups excluding carboxylic acids is 4. The molecular formula is C31H36N4O9. The normalized spacial score (nSPS) is 28.4. The Kier molecular flexibility index (Phi) is 7.50. The van der Waals surface area contributed by atoms with Crippen molar-refractivity contribution < 1.29 is 43.0 Å². The van der Waals surface area contributed by atoms with Crippen molar-refractivity contribution in [3.05, 3.63) is 71.8 Å². The first-order valence-electron chi connectivity index (χ1n) is 14.5. The zero-order valence-electron chi connectivity index (χ0n) is 25.2. The average molecular weight is 609 g/mol. The molecule has 5 aliphatic rings. The predicted molar refractivity (Wildman–Crippen MR) is 152 cm³/mol. The van der Waals surface area contributed by atoms with E-state index in [0.717, 1.165) is 21.2 Å². The molecule has 2 bridgehead atoms. The van der Waals surface area contributed by atoms with E-state index in [9.17, 15) is 19.2 Å². The van der Waals surface area contributed by atoms with Crippen molar-refractivity contribution in [1.29, 1.82) is 0 Å². The topological polar surface area (TPSA) is 136 Å². The number of benzene rings is 2. The summed E-state index contributed by atoms with van der Waals surface area (Å²) in [5.41, 5.74) is 0.588. The molecule has 6 atom stereocenters. The Balaban J connectivity index is 1.35. The van der Waals surface area contributed by atoms with Gasteiger partial charge in [0, 0.05) is 0 Å². The average Bonchev–Trinajstić information content (AvgIpc) is 3.18. The van der Waals surface area contributed by atoms with Gasteiger partial charge in [-0.2, -0.15) is 10.1 Å². The maximum atomic E-state index is 13.8. The van der Waals surface area contributed by atoms with Crippen LogP contribution in [0.15, 0.2) is 60.7 Å². The van der Waals surface area contributed by atoms with Gasteiger partial charge in [-0.05, 0) is 45.7 Å². The van der Waals surface area contributed by atoms with Crippen molar-refractivity contribution in [2.45, 2.75) is 95.6 Å². The summed E-state index contributed by atoms with van der Waals surface area (Å²) in [4.78, 5) is 60.4. The standard InChI is InChI=1S/C31H36N4O9/c1-30(2,3)43-28(38)34-27-25-24(41-31(4,5)42-25)23(35(44-27)29(39)40-17-19-14-10-7-11-15-19)22-21(26(37)33(22)34)32-20(36)16-18-12-8-6-9-13-18/h6-15,21-25,27H,16-17H2,1-5H3,(H,32,36)/t21-,22+,23+,24-,25-,27-/m0/s1. The zero-order valence-corrected chi connectivity index (χ0v) is 25.2. The molecule has 0 radical (unpaired) electrons. The minimum absolute atomic E-state index is 0.0262. The zero-order chi connectivity index (χ0) is 31.4. The van der Waals surface area contributed by atoms with Crippen molar-refractivity contribution in [2.75, 3.05) is 0 Å². The van der Waals surface area contributed by atoms with E-state index >= 15 is 0 Å². The van der Waals surface area contributed by atoms with Crippen LogP contribution >= 0.6 is 0 Å². The number of hydrogen-bond donors (Lipinski definition) is 1. The third kappa shape index (κ3) is 5.58. The first-order valence-corrected chi connectivity index (χ1v) is 14.5. The first-order chi connectivity index (χ1) is 20.8. The number of amides is 4. The third-order valence-electron chi connectivity index (χ3n) is 7.70. The molecule has 234 valence electrons. The largest absolute Gasteiger partial charge is 0.443 e. The summed E-state index contributed by atoms with van der Waals surface area (Å²) in [5, 5.41) is 6.03. The molecule has 2 aromatic rings. The molecule has 5 heterocycles. The van der Waals surface area contributed by atoms with Gasteiger partial charge in [-0.25, -0.2) is 19.4 Å². The van der Waals surface area contributed by atoms with Gasteiger partial charge in [0.15, 0.2) is 5.79 Å². The number of nitrogens with one attached hydrogen (secondary N) is 1. The van der Waals surface area contributed by atoms with Crippen molar-refractivity contribution in [3.63, 3.8) is 0 Å². The van der Waals surface area contributed by atoms with Crippen molar-refractivity contribution >= 4 is 24.0 Å². The first kappa shape index (κ1) is 29.9. The fourth-order valence-electron chi connectivity index (χ4n) is 6.01. The molecule has 5 aliphatic heterocycles. The second-order valence-electron chi connectivity index (χ2n) is 12.6. The van der Waals surface area contributed by atoms with E-state index in [0.29, 0.717) is 0 Å². The number of rotatable bonds is 5. The van der Waals surface area contributed by atoms with E-state index < -0.39 is 72.0 Å². The number of hydrazine groups is 1. The molecule has 13 nitrogen and oxygen atoms in total. The molecule has 7 rings (SSSR count). The SMILES string of the molecule is CC(C)(C)OC(=O)N1[C@H]2ON(C(=O)OCc3ccccc3)[C@@H]([C@@H]3OC(C)(C)O[C@@H]32)[C@H]2[C@H](NC(=O)Cc3ccccc3)C(=O)N21. The number of hydroxylamine groups is 2. The Morgan fingerprint density at radius 1 is 0.886 bits per heavy atom. The lowest BCUT2D eigenvalue weighted by Crippen LogP contribution is -2.79. The van der Waals surface area contributed by atoms with Crippen LogP contribution < -0.4 is 5.32 Å². The third-order valence-corrected chi connectivity index (χ3v) is 7.70. The molecule has 4 amide bonds. The number of nitrogens with zero attached hydrogens (tertiary/aromatic N) is 3. The number of fused-ring (bicyclic) bond motifs is 1. The molecule has 5 saturated heterocycles. The second-order valence-corrected chi connectivity index (χ2v) is 12.6. The highest BCUT2D eigenvalue weighted by Crippen LogP contribution is 2.48. The Hall–Kier alpha value is -4.20. The molecule has 0 spiro atoms. The summed E-state index contributed by atoms with van der Waals surface area (Å²) >= 11 is 0. The molecular weight excluding hydrogens is 572 g/mol. The molecule has 0 aromatic heterocycles. The molecule has 2 aromatic carbocycles. The van der Waals surface area contributed by atoms with E-state index in [2.05, 4.69) is 5.32 Å². The molecule has 5 fully saturated rings. The van der Waals surface area contributed by atoms with Crippen LogP contribution in [0.1, 0.15) is 45.7 Å².